The van der Waals surface area contributed by atoms with Crippen molar-refractivity contribution in [3.63, 3.8) is 0 Å². The number of aryl methyl sites for hydroxylation is 2. The first-order valence-corrected chi connectivity index (χ1v) is 8.21. The Morgan fingerprint density at radius 3 is 2.64 bits per heavy atom. The first-order chi connectivity index (χ1) is 11.9. The van der Waals surface area contributed by atoms with Crippen LogP contribution in [0.1, 0.15) is 41.6 Å². The van der Waals surface area contributed by atoms with Gasteiger partial charge in [-0.2, -0.15) is 0 Å². The number of nitro benzene ring substituents is 1. The summed E-state index contributed by atoms with van der Waals surface area (Å²) in [6.45, 7) is 6.10. The highest BCUT2D eigenvalue weighted by atomic mass is 16.6. The molecule has 0 bridgehead atoms. The zero-order valence-corrected chi connectivity index (χ0v) is 14.7. The van der Waals surface area contributed by atoms with E-state index in [0.717, 1.165) is 17.5 Å². The van der Waals surface area contributed by atoms with Gasteiger partial charge in [0.05, 0.1) is 11.0 Å². The van der Waals surface area contributed by atoms with E-state index in [-0.39, 0.29) is 17.6 Å². The van der Waals surface area contributed by atoms with Gasteiger partial charge in [0.15, 0.2) is 0 Å². The molecule has 2 aromatic rings. The van der Waals surface area contributed by atoms with Crippen LogP contribution in [0.25, 0.3) is 6.08 Å². The number of nitrogens with one attached hydrogen (secondary N) is 1. The van der Waals surface area contributed by atoms with E-state index in [1.54, 1.807) is 18.2 Å². The maximum absolute atomic E-state index is 12.2. The van der Waals surface area contributed by atoms with Crippen molar-refractivity contribution >= 4 is 17.7 Å². The van der Waals surface area contributed by atoms with Crippen molar-refractivity contribution in [3.05, 3.63) is 80.9 Å². The zero-order chi connectivity index (χ0) is 18.4. The fourth-order valence-corrected chi connectivity index (χ4v) is 2.75. The van der Waals surface area contributed by atoms with Crippen LogP contribution in [0.4, 0.5) is 5.69 Å². The predicted octanol–water partition coefficient (Wildman–Crippen LogP) is 4.49. The Balaban J connectivity index is 2.09. The lowest BCUT2D eigenvalue weighted by molar-refractivity contribution is -0.384. The minimum atomic E-state index is -0.454. The molecule has 0 saturated heterocycles. The number of nitrogens with zero attached hydrogens (tertiary/aromatic N) is 1. The average molecular weight is 338 g/mol. The lowest BCUT2D eigenvalue weighted by Gasteiger charge is -2.19. The van der Waals surface area contributed by atoms with Crippen LogP contribution >= 0.6 is 0 Å². The Morgan fingerprint density at radius 1 is 1.24 bits per heavy atom. The minimum absolute atomic E-state index is 0.00396. The molecule has 5 heteroatoms. The fourth-order valence-electron chi connectivity index (χ4n) is 2.75. The highest BCUT2D eigenvalue weighted by Gasteiger charge is 2.13. The third-order valence-electron chi connectivity index (χ3n) is 4.03. The van der Waals surface area contributed by atoms with Crippen LogP contribution in [0.5, 0.6) is 0 Å². The molecule has 1 unspecified atom stereocenters. The van der Waals surface area contributed by atoms with Crippen molar-refractivity contribution in [1.29, 1.82) is 0 Å². The molecule has 0 saturated carbocycles. The molecule has 0 aliphatic rings. The fraction of sp³-hybridized carbons (Fsp3) is 0.250. The first kappa shape index (κ1) is 18.4. The van der Waals surface area contributed by atoms with Gasteiger partial charge >= 0.3 is 0 Å². The van der Waals surface area contributed by atoms with Gasteiger partial charge < -0.3 is 5.32 Å². The molecular weight excluding hydrogens is 316 g/mol. The number of benzene rings is 2. The van der Waals surface area contributed by atoms with Crippen molar-refractivity contribution in [2.75, 3.05) is 0 Å². The largest absolute Gasteiger partial charge is 0.346 e. The molecular formula is C20H22N2O3. The molecule has 1 amide bonds. The molecule has 0 fully saturated rings. The Bertz CT molecular complexity index is 812. The summed E-state index contributed by atoms with van der Waals surface area (Å²) in [4.78, 5) is 22.6. The van der Waals surface area contributed by atoms with Crippen LogP contribution in [-0.2, 0) is 4.79 Å². The summed E-state index contributed by atoms with van der Waals surface area (Å²) in [7, 11) is 0. The third kappa shape index (κ3) is 5.01. The molecule has 25 heavy (non-hydrogen) atoms. The van der Waals surface area contributed by atoms with Crippen molar-refractivity contribution < 1.29 is 9.72 Å². The Hall–Kier alpha value is -2.95. The van der Waals surface area contributed by atoms with Crippen molar-refractivity contribution in [2.45, 2.75) is 33.2 Å². The number of nitro groups is 1. The van der Waals surface area contributed by atoms with Crippen LogP contribution in [0, 0.1) is 24.0 Å². The van der Waals surface area contributed by atoms with Crippen molar-refractivity contribution in [1.82, 2.24) is 5.32 Å². The van der Waals surface area contributed by atoms with Crippen molar-refractivity contribution in [3.8, 4) is 0 Å². The van der Waals surface area contributed by atoms with Crippen LogP contribution in [0.3, 0.4) is 0 Å². The van der Waals surface area contributed by atoms with Crippen LogP contribution in [-0.4, -0.2) is 10.8 Å². The summed E-state index contributed by atoms with van der Waals surface area (Å²) in [5.41, 5.74) is 4.06. The van der Waals surface area contributed by atoms with Gasteiger partial charge in [-0.15, -0.1) is 0 Å². The van der Waals surface area contributed by atoms with Gasteiger partial charge in [-0.25, -0.2) is 0 Å². The number of amides is 1. The number of non-ortho nitro benzene ring substituents is 1. The Morgan fingerprint density at radius 2 is 2.00 bits per heavy atom. The summed E-state index contributed by atoms with van der Waals surface area (Å²) >= 11 is 0. The lowest BCUT2D eigenvalue weighted by Crippen LogP contribution is -2.26. The molecule has 1 N–H and O–H groups in total. The monoisotopic (exact) mass is 338 g/mol. The number of hydrogen-bond donors (Lipinski definition) is 1. The van der Waals surface area contributed by atoms with Gasteiger partial charge in [0.2, 0.25) is 5.91 Å². The third-order valence-corrected chi connectivity index (χ3v) is 4.03. The van der Waals surface area contributed by atoms with Crippen LogP contribution in [0.2, 0.25) is 0 Å². The van der Waals surface area contributed by atoms with Gasteiger partial charge in [0.1, 0.15) is 0 Å². The van der Waals surface area contributed by atoms with Gasteiger partial charge in [-0.05, 0) is 43.0 Å². The molecule has 2 aromatic carbocycles. The molecule has 130 valence electrons. The molecule has 0 spiro atoms. The zero-order valence-electron chi connectivity index (χ0n) is 14.7. The molecule has 0 aliphatic heterocycles. The van der Waals surface area contributed by atoms with Crippen LogP contribution in [0.15, 0.2) is 48.5 Å². The predicted molar refractivity (Wildman–Crippen MR) is 99.2 cm³/mol. The van der Waals surface area contributed by atoms with Gasteiger partial charge in [0, 0.05) is 18.2 Å². The topological polar surface area (TPSA) is 72.2 Å². The average Bonchev–Trinajstić information content (AvgIpc) is 2.58. The molecule has 2 rings (SSSR count). The molecule has 0 heterocycles. The Labute approximate surface area is 147 Å². The summed E-state index contributed by atoms with van der Waals surface area (Å²) in [6.07, 6.45) is 3.77. The van der Waals surface area contributed by atoms with E-state index >= 15 is 0 Å². The highest BCUT2D eigenvalue weighted by molar-refractivity contribution is 5.92. The number of carbonyl (C=O) groups is 1. The quantitative estimate of drug-likeness (QED) is 0.479. The molecule has 0 aliphatic carbocycles. The second kappa shape index (κ2) is 8.24. The molecule has 0 radical (unpaired) electrons. The lowest BCUT2D eigenvalue weighted by atomic mass is 9.97. The summed E-state index contributed by atoms with van der Waals surface area (Å²) in [5.74, 6) is -0.224. The molecule has 5 nitrogen and oxygen atoms in total. The maximum atomic E-state index is 12.2. The van der Waals surface area contributed by atoms with E-state index in [2.05, 4.69) is 11.4 Å². The minimum Gasteiger partial charge on any atom is -0.346 e. The first-order valence-electron chi connectivity index (χ1n) is 8.21. The number of rotatable bonds is 6. The second-order valence-electron chi connectivity index (χ2n) is 6.01. The smallest absolute Gasteiger partial charge is 0.270 e. The molecule has 1 atom stereocenters. The van der Waals surface area contributed by atoms with Gasteiger partial charge in [-0.1, -0.05) is 42.8 Å². The van der Waals surface area contributed by atoms with E-state index in [0.29, 0.717) is 5.56 Å². The highest BCUT2D eigenvalue weighted by Crippen LogP contribution is 2.22. The van der Waals surface area contributed by atoms with E-state index in [1.807, 2.05) is 32.9 Å². The SMILES string of the molecule is CCC(NC(=O)/C=C/c1cccc([N+](=O)[O-])c1)c1ccc(C)cc1C. The second-order valence-corrected chi connectivity index (χ2v) is 6.01. The normalized spacial score (nSPS) is 12.1. The van der Waals surface area contributed by atoms with E-state index in [9.17, 15) is 14.9 Å². The maximum Gasteiger partial charge on any atom is 0.270 e. The van der Waals surface area contributed by atoms with Crippen LogP contribution < -0.4 is 5.32 Å². The summed E-state index contributed by atoms with van der Waals surface area (Å²) in [5, 5.41) is 13.8. The van der Waals surface area contributed by atoms with E-state index in [4.69, 9.17) is 0 Å². The standard InChI is InChI=1S/C20H22N2O3/c1-4-19(18-10-8-14(2)12-15(18)3)21-20(23)11-9-16-6-5-7-17(13-16)22(24)25/h5-13,19H,4H2,1-3H3,(H,21,23)/b11-9+. The molecule has 0 aromatic heterocycles. The van der Waals surface area contributed by atoms with Gasteiger partial charge in [0.25, 0.3) is 5.69 Å². The van der Waals surface area contributed by atoms with Gasteiger partial charge in [-0.3, -0.25) is 14.9 Å². The number of carbonyl (C=O) groups excluding carboxylic acids is 1. The number of hydrogen-bond acceptors (Lipinski definition) is 3. The van der Waals surface area contributed by atoms with E-state index < -0.39 is 4.92 Å². The Kier molecular flexibility index (Phi) is 6.06. The van der Waals surface area contributed by atoms with E-state index in [1.165, 1.54) is 23.8 Å². The summed E-state index contributed by atoms with van der Waals surface area (Å²) < 4.78 is 0. The van der Waals surface area contributed by atoms with Crippen molar-refractivity contribution in [2.24, 2.45) is 0 Å². The summed E-state index contributed by atoms with van der Waals surface area (Å²) in [6, 6.07) is 12.3.